The molecule has 2 aromatic carbocycles. The number of thiophene rings is 1. The highest BCUT2D eigenvalue weighted by Gasteiger charge is 2.38. The third-order valence-corrected chi connectivity index (χ3v) is 6.72. The number of nitrogens with zero attached hydrogens (tertiary/aromatic N) is 2. The van der Waals surface area contributed by atoms with Crippen LogP contribution in [0.25, 0.3) is 26.8 Å². The van der Waals surface area contributed by atoms with E-state index >= 15 is 0 Å². The Kier molecular flexibility index (Phi) is 7.91. The molecule has 0 N–H and O–H groups in total. The van der Waals surface area contributed by atoms with Crippen molar-refractivity contribution in [3.8, 4) is 10.4 Å². The molecule has 1 aliphatic carbocycles. The van der Waals surface area contributed by atoms with Crippen LogP contribution in [0.15, 0.2) is 84.5 Å². The lowest BCUT2D eigenvalue weighted by atomic mass is 9.94. The molecule has 174 valence electrons. The fourth-order valence-corrected chi connectivity index (χ4v) is 5.05. The van der Waals surface area contributed by atoms with Crippen molar-refractivity contribution in [3.05, 3.63) is 110 Å². The molecule has 0 fully saturated rings. The predicted molar refractivity (Wildman–Crippen MR) is 141 cm³/mol. The second-order valence-electron chi connectivity index (χ2n) is 7.45. The maximum atomic E-state index is 12.0. The van der Waals surface area contributed by atoms with E-state index in [4.69, 9.17) is 0 Å². The first kappa shape index (κ1) is 24.8. The lowest BCUT2D eigenvalue weighted by Crippen LogP contribution is -1.98. The molecule has 0 radical (unpaired) electrons. The van der Waals surface area contributed by atoms with E-state index in [1.165, 1.54) is 0 Å². The number of nitro groups is 2. The van der Waals surface area contributed by atoms with Crippen LogP contribution in [0, 0.1) is 26.1 Å². The van der Waals surface area contributed by atoms with Crippen molar-refractivity contribution in [2.24, 2.45) is 5.92 Å². The van der Waals surface area contributed by atoms with E-state index in [0.717, 1.165) is 27.7 Å². The molecule has 7 heteroatoms. The standard InChI is InChI=1S/C25H20N2O4S.C2H6/c1-3-17(14-19-10-5-4-8-16(19)2)24-22(26(28)29)23(27(30)31)25(32-24)21-13-12-18-9-6-7-11-20(18)15-21;1-2/h3-16H,1-2H3;1-2H3/b17-3+,19-14-;. The lowest BCUT2D eigenvalue weighted by molar-refractivity contribution is -0.421. The van der Waals surface area contributed by atoms with Gasteiger partial charge in [0.1, 0.15) is 9.75 Å². The largest absolute Gasteiger partial charge is 0.365 e. The van der Waals surface area contributed by atoms with Gasteiger partial charge in [0, 0.05) is 0 Å². The highest BCUT2D eigenvalue weighted by Crippen LogP contribution is 2.50. The van der Waals surface area contributed by atoms with Crippen LogP contribution in [0.5, 0.6) is 0 Å². The molecule has 0 spiro atoms. The minimum absolute atomic E-state index is 0.143. The smallest absolute Gasteiger partial charge is 0.258 e. The Bertz CT molecular complexity index is 1360. The summed E-state index contributed by atoms with van der Waals surface area (Å²) in [5.41, 5.74) is 1.25. The zero-order valence-electron chi connectivity index (χ0n) is 19.5. The molecule has 1 aliphatic rings. The second-order valence-corrected chi connectivity index (χ2v) is 8.48. The van der Waals surface area contributed by atoms with E-state index in [1.54, 1.807) is 19.1 Å². The summed E-state index contributed by atoms with van der Waals surface area (Å²) in [6.07, 6.45) is 11.5. The summed E-state index contributed by atoms with van der Waals surface area (Å²) in [5, 5.41) is 25.9. The Morgan fingerprint density at radius 1 is 0.971 bits per heavy atom. The quantitative estimate of drug-likeness (QED) is 0.274. The van der Waals surface area contributed by atoms with Crippen LogP contribution < -0.4 is 0 Å². The van der Waals surface area contributed by atoms with Crippen molar-refractivity contribution in [1.82, 2.24) is 0 Å². The van der Waals surface area contributed by atoms with Gasteiger partial charge in [0.2, 0.25) is 0 Å². The van der Waals surface area contributed by atoms with Crippen LogP contribution in [0.1, 0.15) is 32.6 Å². The molecule has 1 atom stereocenters. The summed E-state index contributed by atoms with van der Waals surface area (Å²) in [7, 11) is 0. The van der Waals surface area contributed by atoms with E-state index in [-0.39, 0.29) is 15.7 Å². The van der Waals surface area contributed by atoms with Crippen LogP contribution >= 0.6 is 11.3 Å². The first-order valence-corrected chi connectivity index (χ1v) is 11.9. The summed E-state index contributed by atoms with van der Waals surface area (Å²) < 4.78 is 0. The normalized spacial score (nSPS) is 16.4. The Hall–Kier alpha value is -3.84. The van der Waals surface area contributed by atoms with Gasteiger partial charge in [0.25, 0.3) is 0 Å². The molecule has 6 nitrogen and oxygen atoms in total. The summed E-state index contributed by atoms with van der Waals surface area (Å²) >= 11 is 1.09. The third kappa shape index (κ3) is 4.89. The molecule has 1 aromatic heterocycles. The molecule has 3 aromatic rings. The van der Waals surface area contributed by atoms with Gasteiger partial charge >= 0.3 is 11.4 Å². The molecule has 0 saturated carbocycles. The fraction of sp³-hybridized carbons (Fsp3) is 0.185. The summed E-state index contributed by atoms with van der Waals surface area (Å²) in [5.74, 6) is 0.143. The highest BCUT2D eigenvalue weighted by atomic mass is 32.1. The van der Waals surface area contributed by atoms with Crippen molar-refractivity contribution in [3.63, 3.8) is 0 Å². The zero-order chi connectivity index (χ0) is 24.8. The first-order chi connectivity index (χ1) is 16.4. The van der Waals surface area contributed by atoms with Gasteiger partial charge < -0.3 is 0 Å². The minimum Gasteiger partial charge on any atom is -0.258 e. The van der Waals surface area contributed by atoms with Crippen LogP contribution in [0.2, 0.25) is 0 Å². The number of allylic oxidation sites excluding steroid dienone is 8. The fourth-order valence-electron chi connectivity index (χ4n) is 3.77. The summed E-state index contributed by atoms with van der Waals surface area (Å²) in [6, 6.07) is 13.2. The number of fused-ring (bicyclic) bond motifs is 1. The molecule has 0 saturated heterocycles. The molecule has 0 bridgehead atoms. The number of benzene rings is 2. The van der Waals surface area contributed by atoms with E-state index < -0.39 is 21.2 Å². The van der Waals surface area contributed by atoms with E-state index in [2.05, 4.69) is 0 Å². The summed E-state index contributed by atoms with van der Waals surface area (Å²) in [4.78, 5) is 23.3. The van der Waals surface area contributed by atoms with Crippen molar-refractivity contribution in [2.45, 2.75) is 27.7 Å². The second kappa shape index (κ2) is 10.9. The Morgan fingerprint density at radius 2 is 1.65 bits per heavy atom. The van der Waals surface area contributed by atoms with Crippen molar-refractivity contribution in [1.29, 1.82) is 0 Å². The van der Waals surface area contributed by atoms with Gasteiger partial charge in [0.05, 0.1) is 9.85 Å². The Morgan fingerprint density at radius 3 is 2.26 bits per heavy atom. The lowest BCUT2D eigenvalue weighted by Gasteiger charge is -2.12. The van der Waals surface area contributed by atoms with Crippen LogP contribution in [0.3, 0.4) is 0 Å². The molecule has 34 heavy (non-hydrogen) atoms. The van der Waals surface area contributed by atoms with E-state index in [1.807, 2.05) is 87.5 Å². The van der Waals surface area contributed by atoms with Crippen molar-refractivity contribution >= 4 is 39.1 Å². The first-order valence-electron chi connectivity index (χ1n) is 11.1. The monoisotopic (exact) mass is 474 g/mol. The van der Waals surface area contributed by atoms with E-state index in [0.29, 0.717) is 11.1 Å². The van der Waals surface area contributed by atoms with Crippen LogP contribution in [0.4, 0.5) is 11.4 Å². The molecule has 4 rings (SSSR count). The molecule has 0 aliphatic heterocycles. The van der Waals surface area contributed by atoms with Gasteiger partial charge in [0.15, 0.2) is 0 Å². The molecule has 1 unspecified atom stereocenters. The maximum Gasteiger partial charge on any atom is 0.365 e. The van der Waals surface area contributed by atoms with Gasteiger partial charge in [-0.2, -0.15) is 0 Å². The number of rotatable bonds is 5. The number of hydrogen-bond donors (Lipinski definition) is 0. The van der Waals surface area contributed by atoms with Crippen LogP contribution in [-0.2, 0) is 0 Å². The van der Waals surface area contributed by atoms with Gasteiger partial charge in [-0.1, -0.05) is 87.5 Å². The van der Waals surface area contributed by atoms with Crippen molar-refractivity contribution in [2.75, 3.05) is 0 Å². The predicted octanol–water partition coefficient (Wildman–Crippen LogP) is 8.50. The number of hydrogen-bond acceptors (Lipinski definition) is 5. The average molecular weight is 475 g/mol. The summed E-state index contributed by atoms with van der Waals surface area (Å²) in [6.45, 7) is 7.81. The minimum atomic E-state index is -0.644. The average Bonchev–Trinajstić information content (AvgIpc) is 3.26. The molecule has 0 amide bonds. The topological polar surface area (TPSA) is 86.3 Å². The Balaban J connectivity index is 0.00000158. The van der Waals surface area contributed by atoms with Gasteiger partial charge in [-0.05, 0) is 52.5 Å². The maximum absolute atomic E-state index is 12.0. The molecular weight excluding hydrogens is 448 g/mol. The molecule has 1 heterocycles. The van der Waals surface area contributed by atoms with E-state index in [9.17, 15) is 20.2 Å². The van der Waals surface area contributed by atoms with Gasteiger partial charge in [-0.25, -0.2) is 0 Å². The molecular formula is C27H26N2O4S. The Labute approximate surface area is 202 Å². The van der Waals surface area contributed by atoms with Crippen LogP contribution in [-0.4, -0.2) is 9.85 Å². The zero-order valence-corrected chi connectivity index (χ0v) is 20.3. The third-order valence-electron chi connectivity index (χ3n) is 5.46. The SMILES string of the molecule is C/C=C(\C=C1\C=CC=CC1C)c1sc(-c2ccc3ccccc3c2)c([N+](=O)[O-])c1[N+](=O)[O-].CC. The van der Waals surface area contributed by atoms with Crippen molar-refractivity contribution < 1.29 is 9.85 Å². The van der Waals surface area contributed by atoms with Gasteiger partial charge in [-0.15, -0.1) is 11.3 Å². The highest BCUT2D eigenvalue weighted by molar-refractivity contribution is 7.17. The van der Waals surface area contributed by atoms with Gasteiger partial charge in [-0.3, -0.25) is 20.2 Å².